The molecule has 1 unspecified atom stereocenters. The molecule has 172 valence electrons. The molecule has 2 aliphatic rings. The molecule has 4 rings (SSSR count). The first-order valence-corrected chi connectivity index (χ1v) is 10.9. The number of benzene rings is 1. The molecule has 8 heteroatoms. The number of aryl methyl sites for hydroxylation is 1. The van der Waals surface area contributed by atoms with Crippen LogP contribution in [-0.2, 0) is 4.74 Å². The normalized spacial score (nSPS) is 18.6. The lowest BCUT2D eigenvalue weighted by atomic mass is 10.0. The van der Waals surface area contributed by atoms with Crippen LogP contribution < -0.4 is 9.80 Å². The Kier molecular flexibility index (Phi) is 7.29. The Morgan fingerprint density at radius 1 is 1.12 bits per heavy atom. The first kappa shape index (κ1) is 23.9. The maximum atomic E-state index is 13.0. The minimum absolute atomic E-state index is 0. The molecule has 0 aliphatic carbocycles. The number of aromatic nitrogens is 1. The van der Waals surface area contributed by atoms with E-state index >= 15 is 0 Å². The second-order valence-corrected chi connectivity index (χ2v) is 8.69. The predicted octanol–water partition coefficient (Wildman–Crippen LogP) is 4.24. The fourth-order valence-electron chi connectivity index (χ4n) is 4.18. The Morgan fingerprint density at radius 3 is 2.31 bits per heavy atom. The molecule has 0 saturated carbocycles. The fourth-order valence-corrected chi connectivity index (χ4v) is 4.18. The Labute approximate surface area is 195 Å². The highest BCUT2D eigenvalue weighted by Crippen LogP contribution is 2.25. The van der Waals surface area contributed by atoms with E-state index in [0.717, 1.165) is 24.6 Å². The molecule has 1 aromatic carbocycles. The van der Waals surface area contributed by atoms with Crippen molar-refractivity contribution in [1.29, 1.82) is 0 Å². The van der Waals surface area contributed by atoms with Crippen LogP contribution in [0.25, 0.3) is 0 Å². The van der Waals surface area contributed by atoms with Gasteiger partial charge in [0.15, 0.2) is 0 Å². The van der Waals surface area contributed by atoms with E-state index in [9.17, 15) is 9.59 Å². The summed E-state index contributed by atoms with van der Waals surface area (Å²) in [5.74, 6) is 1.48. The Bertz CT molecular complexity index is 972. The summed E-state index contributed by atoms with van der Waals surface area (Å²) in [5.41, 5.74) is 3.81. The van der Waals surface area contributed by atoms with E-state index in [4.69, 9.17) is 9.72 Å². The fraction of sp³-hybridized carbons (Fsp3) is 0.458. The van der Waals surface area contributed by atoms with E-state index in [1.807, 2.05) is 30.2 Å². The molecule has 2 amide bonds. The summed E-state index contributed by atoms with van der Waals surface area (Å²) in [5, 5.41) is 0. The monoisotopic (exact) mass is 458 g/mol. The van der Waals surface area contributed by atoms with Gasteiger partial charge in [0, 0.05) is 43.6 Å². The standard InChI is InChI=1S/C24H30N4O3.ClH/c1-16(2)20-13-17(3)22(25-14-20)26-9-11-27(12-10-26)23(29)19-5-7-21(8-6-19)28-18(4)15-31-24(28)30;/h5-8,13-14,16,18H,9-12,15H2,1-4H3;1H. The summed E-state index contributed by atoms with van der Waals surface area (Å²) in [6.45, 7) is 11.6. The lowest BCUT2D eigenvalue weighted by Crippen LogP contribution is -2.49. The number of hydrogen-bond acceptors (Lipinski definition) is 5. The van der Waals surface area contributed by atoms with E-state index in [0.29, 0.717) is 31.2 Å². The van der Waals surface area contributed by atoms with E-state index in [2.05, 4.69) is 31.7 Å². The molecule has 0 bridgehead atoms. The highest BCUT2D eigenvalue weighted by Gasteiger charge is 2.31. The van der Waals surface area contributed by atoms with E-state index in [-0.39, 0.29) is 30.4 Å². The summed E-state index contributed by atoms with van der Waals surface area (Å²) >= 11 is 0. The molecular formula is C24H31ClN4O3. The summed E-state index contributed by atoms with van der Waals surface area (Å²) in [6, 6.07) is 9.42. The van der Waals surface area contributed by atoms with Gasteiger partial charge in [0.1, 0.15) is 12.4 Å². The minimum atomic E-state index is -0.340. The average Bonchev–Trinajstić information content (AvgIpc) is 3.11. The van der Waals surface area contributed by atoms with Crippen LogP contribution >= 0.6 is 12.4 Å². The molecule has 3 heterocycles. The highest BCUT2D eigenvalue weighted by atomic mass is 35.5. The van der Waals surface area contributed by atoms with Gasteiger partial charge in [-0.05, 0) is 55.2 Å². The number of ether oxygens (including phenoxy) is 1. The minimum Gasteiger partial charge on any atom is -0.447 e. The van der Waals surface area contributed by atoms with Gasteiger partial charge < -0.3 is 14.5 Å². The van der Waals surface area contributed by atoms with Gasteiger partial charge in [-0.3, -0.25) is 9.69 Å². The highest BCUT2D eigenvalue weighted by molar-refractivity contribution is 5.96. The van der Waals surface area contributed by atoms with Crippen LogP contribution in [0.3, 0.4) is 0 Å². The van der Waals surface area contributed by atoms with Gasteiger partial charge in [0.2, 0.25) is 0 Å². The first-order valence-electron chi connectivity index (χ1n) is 10.9. The van der Waals surface area contributed by atoms with Crippen LogP contribution in [0.2, 0.25) is 0 Å². The van der Waals surface area contributed by atoms with Crippen LogP contribution in [-0.4, -0.2) is 60.7 Å². The van der Waals surface area contributed by atoms with Crippen LogP contribution in [0, 0.1) is 6.92 Å². The maximum Gasteiger partial charge on any atom is 0.414 e. The average molecular weight is 459 g/mol. The quantitative estimate of drug-likeness (QED) is 0.685. The molecule has 7 nitrogen and oxygen atoms in total. The zero-order valence-corrected chi connectivity index (χ0v) is 19.9. The molecule has 2 fully saturated rings. The number of carbonyl (C=O) groups excluding carboxylic acids is 2. The van der Waals surface area contributed by atoms with Gasteiger partial charge in [-0.1, -0.05) is 19.9 Å². The van der Waals surface area contributed by atoms with Crippen molar-refractivity contribution in [3.05, 3.63) is 53.2 Å². The number of rotatable bonds is 4. The number of halogens is 1. The van der Waals surface area contributed by atoms with Crippen LogP contribution in [0.15, 0.2) is 36.5 Å². The topological polar surface area (TPSA) is 66.0 Å². The third-order valence-corrected chi connectivity index (χ3v) is 6.08. The molecule has 1 atom stereocenters. The molecular weight excluding hydrogens is 428 g/mol. The summed E-state index contributed by atoms with van der Waals surface area (Å²) in [6.07, 6.45) is 1.62. The zero-order chi connectivity index (χ0) is 22.1. The number of piperazine rings is 1. The third-order valence-electron chi connectivity index (χ3n) is 6.08. The second kappa shape index (κ2) is 9.77. The van der Waals surface area contributed by atoms with Gasteiger partial charge in [0.05, 0.1) is 6.04 Å². The van der Waals surface area contributed by atoms with Crippen molar-refractivity contribution in [3.8, 4) is 0 Å². The summed E-state index contributed by atoms with van der Waals surface area (Å²) < 4.78 is 5.08. The maximum absolute atomic E-state index is 13.0. The van der Waals surface area contributed by atoms with Crippen molar-refractivity contribution in [3.63, 3.8) is 0 Å². The van der Waals surface area contributed by atoms with Crippen molar-refractivity contribution in [2.24, 2.45) is 0 Å². The van der Waals surface area contributed by atoms with Gasteiger partial charge in [-0.2, -0.15) is 0 Å². The molecule has 0 radical (unpaired) electrons. The lowest BCUT2D eigenvalue weighted by molar-refractivity contribution is 0.0746. The zero-order valence-electron chi connectivity index (χ0n) is 19.1. The predicted molar refractivity (Wildman–Crippen MR) is 128 cm³/mol. The summed E-state index contributed by atoms with van der Waals surface area (Å²) in [7, 11) is 0. The SMILES string of the molecule is Cc1cc(C(C)C)cnc1N1CCN(C(=O)c2ccc(N3C(=O)OCC3C)cc2)CC1.Cl. The molecule has 2 saturated heterocycles. The number of carbonyl (C=O) groups is 2. The van der Waals surface area contributed by atoms with Crippen LogP contribution in [0.5, 0.6) is 0 Å². The number of pyridine rings is 1. The molecule has 0 spiro atoms. The van der Waals surface area contributed by atoms with Crippen molar-refractivity contribution in [2.75, 3.05) is 42.6 Å². The smallest absolute Gasteiger partial charge is 0.414 e. The third kappa shape index (κ3) is 4.67. The Morgan fingerprint density at radius 2 is 1.78 bits per heavy atom. The van der Waals surface area contributed by atoms with Crippen molar-refractivity contribution < 1.29 is 14.3 Å². The lowest BCUT2D eigenvalue weighted by Gasteiger charge is -2.36. The first-order chi connectivity index (χ1) is 14.8. The molecule has 2 aromatic rings. The van der Waals surface area contributed by atoms with Crippen molar-refractivity contribution >= 4 is 35.9 Å². The van der Waals surface area contributed by atoms with Crippen LogP contribution in [0.1, 0.15) is 48.2 Å². The van der Waals surface area contributed by atoms with Gasteiger partial charge in [-0.25, -0.2) is 9.78 Å². The van der Waals surface area contributed by atoms with E-state index in [1.165, 1.54) is 11.1 Å². The van der Waals surface area contributed by atoms with Gasteiger partial charge in [-0.15, -0.1) is 12.4 Å². The van der Waals surface area contributed by atoms with Gasteiger partial charge in [0.25, 0.3) is 5.91 Å². The van der Waals surface area contributed by atoms with E-state index in [1.54, 1.807) is 17.0 Å². The largest absolute Gasteiger partial charge is 0.447 e. The molecule has 0 N–H and O–H groups in total. The second-order valence-electron chi connectivity index (χ2n) is 8.69. The van der Waals surface area contributed by atoms with Gasteiger partial charge >= 0.3 is 6.09 Å². The molecule has 1 aromatic heterocycles. The summed E-state index contributed by atoms with van der Waals surface area (Å²) in [4.78, 5) is 35.3. The number of anilines is 2. The number of cyclic esters (lactones) is 1. The number of nitrogens with zero attached hydrogens (tertiary/aromatic N) is 4. The Hall–Kier alpha value is -2.80. The van der Waals surface area contributed by atoms with Crippen molar-refractivity contribution in [1.82, 2.24) is 9.88 Å². The Balaban J connectivity index is 0.00000289. The number of amides is 2. The molecule has 32 heavy (non-hydrogen) atoms. The molecule has 2 aliphatic heterocycles. The number of hydrogen-bond donors (Lipinski definition) is 0. The van der Waals surface area contributed by atoms with Crippen molar-refractivity contribution in [2.45, 2.75) is 39.7 Å². The van der Waals surface area contributed by atoms with Crippen LogP contribution in [0.4, 0.5) is 16.3 Å². The van der Waals surface area contributed by atoms with E-state index < -0.39 is 0 Å².